The van der Waals surface area contributed by atoms with E-state index in [1.165, 1.54) is 0 Å². The molecular formula is C15H20O3. The molecule has 18 heavy (non-hydrogen) atoms. The molecule has 1 aromatic rings. The van der Waals surface area contributed by atoms with Crippen molar-refractivity contribution in [1.29, 1.82) is 0 Å². The quantitative estimate of drug-likeness (QED) is 0.763. The highest BCUT2D eigenvalue weighted by molar-refractivity contribution is 5.50. The molecule has 0 amide bonds. The summed E-state index contributed by atoms with van der Waals surface area (Å²) in [6.07, 6.45) is 2.43. The van der Waals surface area contributed by atoms with Gasteiger partial charge in [-0.25, -0.2) is 0 Å². The Labute approximate surface area is 108 Å². The van der Waals surface area contributed by atoms with Crippen molar-refractivity contribution in [2.45, 2.75) is 38.4 Å². The van der Waals surface area contributed by atoms with Crippen LogP contribution in [0.3, 0.4) is 0 Å². The summed E-state index contributed by atoms with van der Waals surface area (Å²) in [7, 11) is 1.68. The fraction of sp³-hybridized carbons (Fsp3) is 0.600. The van der Waals surface area contributed by atoms with Crippen LogP contribution in [0, 0.1) is 5.92 Å². The highest BCUT2D eigenvalue weighted by atomic mass is 16.5. The summed E-state index contributed by atoms with van der Waals surface area (Å²) in [5.41, 5.74) is 0.936. The zero-order chi connectivity index (χ0) is 12.8. The minimum absolute atomic E-state index is 0.146. The van der Waals surface area contributed by atoms with Crippen LogP contribution in [-0.2, 0) is 4.74 Å². The Hall–Kier alpha value is -1.22. The molecule has 2 aliphatic heterocycles. The molecule has 0 radical (unpaired) electrons. The second kappa shape index (κ2) is 4.16. The molecular weight excluding hydrogens is 228 g/mol. The summed E-state index contributed by atoms with van der Waals surface area (Å²) in [4.78, 5) is 0. The van der Waals surface area contributed by atoms with Gasteiger partial charge in [-0.15, -0.1) is 0 Å². The van der Waals surface area contributed by atoms with E-state index in [2.05, 4.69) is 19.9 Å². The van der Waals surface area contributed by atoms with Crippen LogP contribution in [0.2, 0.25) is 0 Å². The summed E-state index contributed by atoms with van der Waals surface area (Å²) >= 11 is 0. The predicted molar refractivity (Wildman–Crippen MR) is 69.1 cm³/mol. The number of methoxy groups -OCH3 is 1. The Kier molecular flexibility index (Phi) is 2.74. The number of para-hydroxylation sites is 1. The van der Waals surface area contributed by atoms with Crippen molar-refractivity contribution < 1.29 is 14.2 Å². The number of ether oxygens (including phenoxy) is 3. The zero-order valence-electron chi connectivity index (χ0n) is 11.2. The van der Waals surface area contributed by atoms with Crippen LogP contribution in [0.15, 0.2) is 18.2 Å². The lowest BCUT2D eigenvalue weighted by Crippen LogP contribution is -2.47. The lowest BCUT2D eigenvalue weighted by molar-refractivity contribution is -0.117. The fourth-order valence-electron chi connectivity index (χ4n) is 3.17. The Morgan fingerprint density at radius 3 is 2.94 bits per heavy atom. The molecule has 0 bridgehead atoms. The van der Waals surface area contributed by atoms with E-state index in [-0.39, 0.29) is 11.7 Å². The highest BCUT2D eigenvalue weighted by Crippen LogP contribution is 2.52. The van der Waals surface area contributed by atoms with Gasteiger partial charge in [0.15, 0.2) is 11.5 Å². The molecule has 2 aliphatic rings. The van der Waals surface area contributed by atoms with Crippen molar-refractivity contribution in [1.82, 2.24) is 0 Å². The molecule has 2 heterocycles. The van der Waals surface area contributed by atoms with Crippen LogP contribution in [0.25, 0.3) is 0 Å². The first kappa shape index (κ1) is 11.8. The van der Waals surface area contributed by atoms with Crippen LogP contribution in [0.5, 0.6) is 11.5 Å². The minimum atomic E-state index is -0.202. The van der Waals surface area contributed by atoms with Gasteiger partial charge < -0.3 is 14.2 Å². The van der Waals surface area contributed by atoms with Crippen molar-refractivity contribution in [3.05, 3.63) is 23.8 Å². The molecule has 3 rings (SSSR count). The topological polar surface area (TPSA) is 27.7 Å². The molecule has 3 nitrogen and oxygen atoms in total. The van der Waals surface area contributed by atoms with E-state index in [0.29, 0.717) is 5.92 Å². The Morgan fingerprint density at radius 1 is 1.33 bits per heavy atom. The smallest absolute Gasteiger partial charge is 0.167 e. The highest BCUT2D eigenvalue weighted by Gasteiger charge is 2.46. The van der Waals surface area contributed by atoms with Gasteiger partial charge >= 0.3 is 0 Å². The monoisotopic (exact) mass is 248 g/mol. The lowest BCUT2D eigenvalue weighted by atomic mass is 9.76. The lowest BCUT2D eigenvalue weighted by Gasteiger charge is -2.47. The summed E-state index contributed by atoms with van der Waals surface area (Å²) in [6, 6.07) is 6.04. The van der Waals surface area contributed by atoms with Gasteiger partial charge in [-0.05, 0) is 32.8 Å². The number of hydrogen-bond acceptors (Lipinski definition) is 3. The van der Waals surface area contributed by atoms with E-state index in [1.54, 1.807) is 7.11 Å². The van der Waals surface area contributed by atoms with E-state index >= 15 is 0 Å². The Morgan fingerprint density at radius 2 is 2.17 bits per heavy atom. The van der Waals surface area contributed by atoms with Gasteiger partial charge in [0.2, 0.25) is 0 Å². The van der Waals surface area contributed by atoms with Crippen molar-refractivity contribution in [3.8, 4) is 11.5 Å². The van der Waals surface area contributed by atoms with E-state index in [4.69, 9.17) is 14.2 Å². The largest absolute Gasteiger partial charge is 0.493 e. The van der Waals surface area contributed by atoms with Gasteiger partial charge in [0.05, 0.1) is 13.2 Å². The standard InChI is InChI=1S/C15H20O3/c1-15(2)11-7-5-9-17-13(11)10-6-4-8-12(16-3)14(10)18-15/h4,6,8,11,13H,5,7,9H2,1-3H3. The van der Waals surface area contributed by atoms with Gasteiger partial charge in [-0.1, -0.05) is 12.1 Å². The number of fused-ring (bicyclic) bond motifs is 3. The number of hydrogen-bond donors (Lipinski definition) is 0. The predicted octanol–water partition coefficient (Wildman–Crippen LogP) is 3.33. The maximum Gasteiger partial charge on any atom is 0.167 e. The first-order valence-electron chi connectivity index (χ1n) is 6.61. The van der Waals surface area contributed by atoms with Gasteiger partial charge in [-0.2, -0.15) is 0 Å². The van der Waals surface area contributed by atoms with Gasteiger partial charge in [0.1, 0.15) is 5.60 Å². The molecule has 0 spiro atoms. The average molecular weight is 248 g/mol. The van der Waals surface area contributed by atoms with Crippen molar-refractivity contribution >= 4 is 0 Å². The SMILES string of the molecule is COc1cccc2c1OC(C)(C)C1CCCOC21. The molecule has 3 heteroatoms. The summed E-state index contributed by atoms with van der Waals surface area (Å²) in [6.45, 7) is 5.14. The maximum absolute atomic E-state index is 6.21. The molecule has 1 fully saturated rings. The molecule has 1 saturated heterocycles. The average Bonchev–Trinajstić information content (AvgIpc) is 2.38. The first-order valence-corrected chi connectivity index (χ1v) is 6.61. The summed E-state index contributed by atoms with van der Waals surface area (Å²) < 4.78 is 17.6. The third kappa shape index (κ3) is 1.69. The van der Waals surface area contributed by atoms with Gasteiger partial charge in [0.25, 0.3) is 0 Å². The summed E-state index contributed by atoms with van der Waals surface area (Å²) in [5.74, 6) is 2.08. The molecule has 0 aromatic heterocycles. The van der Waals surface area contributed by atoms with E-state index in [9.17, 15) is 0 Å². The van der Waals surface area contributed by atoms with E-state index in [1.807, 2.05) is 12.1 Å². The van der Waals surface area contributed by atoms with E-state index in [0.717, 1.165) is 36.5 Å². The molecule has 0 saturated carbocycles. The zero-order valence-corrected chi connectivity index (χ0v) is 11.2. The van der Waals surface area contributed by atoms with Crippen molar-refractivity contribution in [2.75, 3.05) is 13.7 Å². The van der Waals surface area contributed by atoms with Crippen LogP contribution in [0.4, 0.5) is 0 Å². The minimum Gasteiger partial charge on any atom is -0.493 e. The second-order valence-electron chi connectivity index (χ2n) is 5.62. The third-order valence-electron chi connectivity index (χ3n) is 4.12. The van der Waals surface area contributed by atoms with Crippen LogP contribution < -0.4 is 9.47 Å². The molecule has 1 aromatic carbocycles. The fourth-order valence-corrected chi connectivity index (χ4v) is 3.17. The summed E-state index contributed by atoms with van der Waals surface area (Å²) in [5, 5.41) is 0. The molecule has 2 atom stereocenters. The third-order valence-corrected chi connectivity index (χ3v) is 4.12. The van der Waals surface area contributed by atoms with Gasteiger partial charge in [0, 0.05) is 18.1 Å². The van der Waals surface area contributed by atoms with Crippen LogP contribution >= 0.6 is 0 Å². The van der Waals surface area contributed by atoms with E-state index < -0.39 is 0 Å². The second-order valence-corrected chi connectivity index (χ2v) is 5.62. The Balaban J connectivity index is 2.10. The number of rotatable bonds is 1. The van der Waals surface area contributed by atoms with Crippen molar-refractivity contribution in [2.24, 2.45) is 5.92 Å². The van der Waals surface area contributed by atoms with Crippen LogP contribution in [0.1, 0.15) is 38.4 Å². The number of benzene rings is 1. The first-order chi connectivity index (χ1) is 8.63. The molecule has 2 unspecified atom stereocenters. The van der Waals surface area contributed by atoms with Crippen molar-refractivity contribution in [3.63, 3.8) is 0 Å². The maximum atomic E-state index is 6.21. The Bertz CT molecular complexity index is 453. The van der Waals surface area contributed by atoms with Crippen LogP contribution in [-0.4, -0.2) is 19.3 Å². The molecule has 0 aliphatic carbocycles. The molecule has 98 valence electrons. The molecule has 0 N–H and O–H groups in total. The normalized spacial score (nSPS) is 28.8. The van der Waals surface area contributed by atoms with Gasteiger partial charge in [-0.3, -0.25) is 0 Å².